The van der Waals surface area contributed by atoms with E-state index in [9.17, 15) is 8.42 Å². The summed E-state index contributed by atoms with van der Waals surface area (Å²) in [6.45, 7) is 7.66. The van der Waals surface area contributed by atoms with Crippen molar-refractivity contribution in [3.8, 4) is 0 Å². The summed E-state index contributed by atoms with van der Waals surface area (Å²) in [5, 5.41) is 3.12. The second-order valence-electron chi connectivity index (χ2n) is 5.22. The third kappa shape index (κ3) is 4.04. The molecule has 1 aromatic carbocycles. The highest BCUT2D eigenvalue weighted by Crippen LogP contribution is 2.16. The Hall–Kier alpha value is -1.03. The average Bonchev–Trinajstić information content (AvgIpc) is 2.19. The van der Waals surface area contributed by atoms with Gasteiger partial charge >= 0.3 is 0 Å². The van der Waals surface area contributed by atoms with Crippen LogP contribution in [0.25, 0.3) is 0 Å². The predicted octanol–water partition coefficient (Wildman–Crippen LogP) is 2.62. The summed E-state index contributed by atoms with van der Waals surface area (Å²) < 4.78 is 23.0. The topological polar surface area (TPSA) is 46.2 Å². The van der Waals surface area contributed by atoms with E-state index in [4.69, 9.17) is 0 Å². The second kappa shape index (κ2) is 5.08. The van der Waals surface area contributed by atoms with Gasteiger partial charge in [0.25, 0.3) is 0 Å². The first-order chi connectivity index (χ1) is 7.72. The molecule has 0 aliphatic heterocycles. The summed E-state index contributed by atoms with van der Waals surface area (Å²) in [4.78, 5) is 0. The van der Waals surface area contributed by atoms with Gasteiger partial charge in [0, 0.05) is 12.2 Å². The van der Waals surface area contributed by atoms with E-state index in [-0.39, 0.29) is 5.75 Å². The summed E-state index contributed by atoms with van der Waals surface area (Å²) in [7, 11) is -3.04. The first-order valence-electron chi connectivity index (χ1n) is 5.75. The van der Waals surface area contributed by atoms with Crippen molar-refractivity contribution in [2.24, 2.45) is 0 Å². The quantitative estimate of drug-likeness (QED) is 0.899. The lowest BCUT2D eigenvalue weighted by molar-refractivity contribution is 0.560. The molecule has 3 nitrogen and oxygen atoms in total. The van der Waals surface area contributed by atoms with Gasteiger partial charge in [-0.1, -0.05) is 17.7 Å². The fourth-order valence-corrected chi connectivity index (χ4v) is 2.29. The van der Waals surface area contributed by atoms with Crippen molar-refractivity contribution in [2.45, 2.75) is 32.4 Å². The van der Waals surface area contributed by atoms with Crippen LogP contribution in [0.2, 0.25) is 0 Å². The number of nitrogens with one attached hydrogen (secondary N) is 1. The Kier molecular flexibility index (Phi) is 4.20. The van der Waals surface area contributed by atoms with Crippen LogP contribution in [0.15, 0.2) is 24.3 Å². The van der Waals surface area contributed by atoms with Gasteiger partial charge in [-0.05, 0) is 39.8 Å². The Morgan fingerprint density at radius 2 is 1.65 bits per heavy atom. The van der Waals surface area contributed by atoms with Crippen LogP contribution in [0.3, 0.4) is 0 Å². The molecule has 1 N–H and O–H groups in total. The first kappa shape index (κ1) is 14.0. The predicted molar refractivity (Wildman–Crippen MR) is 73.2 cm³/mol. The fourth-order valence-electron chi connectivity index (χ4n) is 1.31. The van der Waals surface area contributed by atoms with Crippen LogP contribution in [0.4, 0.5) is 5.69 Å². The molecule has 1 aromatic rings. The highest BCUT2D eigenvalue weighted by molar-refractivity contribution is 7.92. The molecule has 0 bridgehead atoms. The van der Waals surface area contributed by atoms with Crippen LogP contribution in [0.1, 0.15) is 26.3 Å². The van der Waals surface area contributed by atoms with Gasteiger partial charge < -0.3 is 5.32 Å². The molecule has 1 rings (SSSR count). The monoisotopic (exact) mass is 255 g/mol. The molecule has 0 heterocycles. The lowest BCUT2D eigenvalue weighted by Gasteiger charge is -2.19. The van der Waals surface area contributed by atoms with E-state index in [0.717, 1.165) is 5.69 Å². The third-order valence-electron chi connectivity index (χ3n) is 2.68. The molecule has 0 spiro atoms. The molecule has 0 aliphatic rings. The van der Waals surface area contributed by atoms with Crippen molar-refractivity contribution in [1.29, 1.82) is 0 Å². The van der Waals surface area contributed by atoms with Crippen LogP contribution in [0, 0.1) is 6.92 Å². The first-order valence-corrected chi connectivity index (χ1v) is 7.40. The Morgan fingerprint density at radius 1 is 1.12 bits per heavy atom. The molecule has 0 amide bonds. The van der Waals surface area contributed by atoms with Gasteiger partial charge in [-0.15, -0.1) is 0 Å². The van der Waals surface area contributed by atoms with Crippen molar-refractivity contribution >= 4 is 15.5 Å². The lowest BCUT2D eigenvalue weighted by atomic mass is 10.2. The van der Waals surface area contributed by atoms with E-state index in [1.807, 2.05) is 31.2 Å². The Morgan fingerprint density at radius 3 is 2.12 bits per heavy atom. The zero-order valence-electron chi connectivity index (χ0n) is 10.9. The molecule has 0 saturated carbocycles. The minimum Gasteiger partial charge on any atom is -0.384 e. The number of sulfone groups is 1. The molecule has 0 unspecified atom stereocenters. The molecule has 4 heteroatoms. The molecule has 0 atom stereocenters. The van der Waals surface area contributed by atoms with Crippen molar-refractivity contribution in [2.75, 3.05) is 17.6 Å². The van der Waals surface area contributed by atoms with E-state index in [0.29, 0.717) is 6.54 Å². The molecular formula is C13H21NO2S. The van der Waals surface area contributed by atoms with Gasteiger partial charge in [0.2, 0.25) is 0 Å². The summed E-state index contributed by atoms with van der Waals surface area (Å²) in [6, 6.07) is 7.92. The van der Waals surface area contributed by atoms with Crippen LogP contribution >= 0.6 is 0 Å². The van der Waals surface area contributed by atoms with Gasteiger partial charge in [-0.25, -0.2) is 8.42 Å². The van der Waals surface area contributed by atoms with E-state index in [1.54, 1.807) is 20.8 Å². The molecule has 0 aliphatic carbocycles. The highest BCUT2D eigenvalue weighted by atomic mass is 32.2. The summed E-state index contributed by atoms with van der Waals surface area (Å²) in [5.41, 5.74) is 2.15. The molecule has 0 fully saturated rings. The molecule has 0 aromatic heterocycles. The minimum atomic E-state index is -3.04. The lowest BCUT2D eigenvalue weighted by Crippen LogP contribution is -2.32. The van der Waals surface area contributed by atoms with Crippen LogP contribution in [0.5, 0.6) is 0 Å². The fraction of sp³-hybridized carbons (Fsp3) is 0.538. The van der Waals surface area contributed by atoms with Gasteiger partial charge in [0.1, 0.15) is 0 Å². The van der Waals surface area contributed by atoms with E-state index < -0.39 is 14.6 Å². The molecule has 96 valence electrons. The summed E-state index contributed by atoms with van der Waals surface area (Å²) >= 11 is 0. The Labute approximate surface area is 104 Å². The van der Waals surface area contributed by atoms with E-state index in [1.165, 1.54) is 5.56 Å². The maximum atomic E-state index is 11.9. The molecule has 0 saturated heterocycles. The van der Waals surface area contributed by atoms with E-state index in [2.05, 4.69) is 5.32 Å². The summed E-state index contributed by atoms with van der Waals surface area (Å²) in [5.74, 6) is 0.157. The number of hydrogen-bond acceptors (Lipinski definition) is 3. The zero-order chi connectivity index (χ0) is 13.1. The number of anilines is 1. The van der Waals surface area contributed by atoms with Gasteiger partial charge in [-0.2, -0.15) is 0 Å². The zero-order valence-corrected chi connectivity index (χ0v) is 11.8. The van der Waals surface area contributed by atoms with Crippen LogP contribution < -0.4 is 5.32 Å². The maximum Gasteiger partial charge on any atom is 0.156 e. The number of hydrogen-bond donors (Lipinski definition) is 1. The maximum absolute atomic E-state index is 11.9. The normalized spacial score (nSPS) is 12.5. The van der Waals surface area contributed by atoms with Crippen LogP contribution in [-0.4, -0.2) is 25.5 Å². The van der Waals surface area contributed by atoms with Crippen molar-refractivity contribution in [3.05, 3.63) is 29.8 Å². The largest absolute Gasteiger partial charge is 0.384 e. The number of benzene rings is 1. The Bertz CT molecular complexity index is 455. The van der Waals surface area contributed by atoms with Gasteiger partial charge in [0.15, 0.2) is 9.84 Å². The molecular weight excluding hydrogens is 234 g/mol. The average molecular weight is 255 g/mol. The number of rotatable bonds is 4. The summed E-state index contributed by atoms with van der Waals surface area (Å²) in [6.07, 6.45) is 0. The van der Waals surface area contributed by atoms with Gasteiger partial charge in [-0.3, -0.25) is 0 Å². The van der Waals surface area contributed by atoms with Crippen LogP contribution in [-0.2, 0) is 9.84 Å². The number of aryl methyl sites for hydroxylation is 1. The van der Waals surface area contributed by atoms with Crippen molar-refractivity contribution in [3.63, 3.8) is 0 Å². The Balaban J connectivity index is 2.52. The minimum absolute atomic E-state index is 0.157. The second-order valence-corrected chi connectivity index (χ2v) is 8.09. The molecule has 0 radical (unpaired) electrons. The van der Waals surface area contributed by atoms with Crippen molar-refractivity contribution < 1.29 is 8.42 Å². The third-order valence-corrected chi connectivity index (χ3v) is 5.29. The van der Waals surface area contributed by atoms with Crippen molar-refractivity contribution in [1.82, 2.24) is 0 Å². The highest BCUT2D eigenvalue weighted by Gasteiger charge is 2.28. The smallest absolute Gasteiger partial charge is 0.156 e. The SMILES string of the molecule is Cc1ccc(NCCS(=O)(=O)C(C)(C)C)cc1. The molecule has 17 heavy (non-hydrogen) atoms. The standard InChI is InChI=1S/C13H21NO2S/c1-11-5-7-12(8-6-11)14-9-10-17(15,16)13(2,3)4/h5-8,14H,9-10H2,1-4H3. The van der Waals surface area contributed by atoms with Gasteiger partial charge in [0.05, 0.1) is 10.5 Å². The van der Waals surface area contributed by atoms with E-state index >= 15 is 0 Å².